The quantitative estimate of drug-likeness (QED) is 0.456. The van der Waals surface area contributed by atoms with Gasteiger partial charge in [0.1, 0.15) is 6.04 Å². The zero-order valence-electron chi connectivity index (χ0n) is 15.1. The van der Waals surface area contributed by atoms with E-state index < -0.39 is 29.7 Å². The van der Waals surface area contributed by atoms with Gasteiger partial charge < -0.3 is 10.1 Å². The zero-order valence-corrected chi connectivity index (χ0v) is 15.1. The number of nitrogens with one attached hydrogen (secondary N) is 1. The number of imide groups is 1. The van der Waals surface area contributed by atoms with Crippen LogP contribution < -0.4 is 5.32 Å². The van der Waals surface area contributed by atoms with Crippen LogP contribution in [0.3, 0.4) is 0 Å². The molecule has 0 saturated heterocycles. The van der Waals surface area contributed by atoms with Crippen LogP contribution in [0.2, 0.25) is 0 Å². The van der Waals surface area contributed by atoms with Gasteiger partial charge in [-0.1, -0.05) is 19.9 Å². The third-order valence-corrected chi connectivity index (χ3v) is 4.04. The molecule has 1 aliphatic heterocycles. The number of carbonyl (C=O) groups excluding carboxylic acids is 4. The Morgan fingerprint density at radius 2 is 1.88 bits per heavy atom. The van der Waals surface area contributed by atoms with E-state index in [1.807, 2.05) is 13.8 Å². The van der Waals surface area contributed by atoms with E-state index in [1.54, 1.807) is 0 Å². The molecule has 0 aliphatic carbocycles. The summed E-state index contributed by atoms with van der Waals surface area (Å²) in [5.74, 6) is -1.75. The molecule has 26 heavy (non-hydrogen) atoms. The molecule has 138 valence electrons. The lowest BCUT2D eigenvalue weighted by atomic mass is 10.0. The van der Waals surface area contributed by atoms with Crippen LogP contribution in [0.15, 0.2) is 30.9 Å². The van der Waals surface area contributed by atoms with Crippen LogP contribution in [0.25, 0.3) is 0 Å². The SMILES string of the molecule is C=CCN1C(=O)c2ccc(C(=O)N[C@@H](CC(C)C)C(=O)OC)cc2C1=O. The van der Waals surface area contributed by atoms with Crippen LogP contribution in [0.4, 0.5) is 0 Å². The molecule has 7 nitrogen and oxygen atoms in total. The number of benzene rings is 1. The summed E-state index contributed by atoms with van der Waals surface area (Å²) < 4.78 is 4.73. The van der Waals surface area contributed by atoms with Gasteiger partial charge in [-0.15, -0.1) is 6.58 Å². The monoisotopic (exact) mass is 358 g/mol. The minimum atomic E-state index is -0.782. The van der Waals surface area contributed by atoms with E-state index in [9.17, 15) is 19.2 Å². The van der Waals surface area contributed by atoms with Crippen molar-refractivity contribution in [2.45, 2.75) is 26.3 Å². The lowest BCUT2D eigenvalue weighted by Gasteiger charge is -2.18. The third-order valence-electron chi connectivity index (χ3n) is 4.04. The predicted molar refractivity (Wildman–Crippen MR) is 94.7 cm³/mol. The van der Waals surface area contributed by atoms with E-state index in [0.29, 0.717) is 6.42 Å². The maximum absolute atomic E-state index is 12.5. The lowest BCUT2D eigenvalue weighted by molar-refractivity contribution is -0.143. The first kappa shape index (κ1) is 19.4. The summed E-state index contributed by atoms with van der Waals surface area (Å²) in [4.78, 5) is 50.0. The largest absolute Gasteiger partial charge is 0.467 e. The molecule has 1 aliphatic rings. The van der Waals surface area contributed by atoms with Gasteiger partial charge in [-0.3, -0.25) is 19.3 Å². The van der Waals surface area contributed by atoms with E-state index in [1.165, 1.54) is 31.4 Å². The highest BCUT2D eigenvalue weighted by atomic mass is 16.5. The van der Waals surface area contributed by atoms with Crippen molar-refractivity contribution in [1.82, 2.24) is 10.2 Å². The highest BCUT2D eigenvalue weighted by Gasteiger charge is 2.35. The van der Waals surface area contributed by atoms with Gasteiger partial charge in [0.05, 0.1) is 18.2 Å². The second-order valence-corrected chi connectivity index (χ2v) is 6.45. The Hall–Kier alpha value is -2.96. The molecule has 7 heteroatoms. The summed E-state index contributed by atoms with van der Waals surface area (Å²) in [6, 6.07) is 3.50. The summed E-state index contributed by atoms with van der Waals surface area (Å²) in [6.07, 6.45) is 1.88. The fourth-order valence-electron chi connectivity index (χ4n) is 2.80. The maximum Gasteiger partial charge on any atom is 0.328 e. The van der Waals surface area contributed by atoms with Crippen LogP contribution in [-0.2, 0) is 9.53 Å². The standard InChI is InChI=1S/C19H22N2O5/c1-5-8-21-17(23)13-7-6-12(10-14(13)18(21)24)16(22)20-15(9-11(2)3)19(25)26-4/h5-7,10-11,15H,1,8-9H2,2-4H3,(H,20,22)/t15-/m0/s1. The fourth-order valence-corrected chi connectivity index (χ4v) is 2.80. The molecule has 0 aromatic heterocycles. The van der Waals surface area contributed by atoms with Gasteiger partial charge in [0.15, 0.2) is 0 Å². The first-order chi connectivity index (χ1) is 12.3. The second kappa shape index (κ2) is 7.95. The van der Waals surface area contributed by atoms with E-state index in [4.69, 9.17) is 4.74 Å². The molecule has 0 radical (unpaired) electrons. The minimum Gasteiger partial charge on any atom is -0.467 e. The summed E-state index contributed by atoms with van der Waals surface area (Å²) in [5.41, 5.74) is 0.617. The summed E-state index contributed by atoms with van der Waals surface area (Å²) in [6.45, 7) is 7.49. The number of carbonyl (C=O) groups is 4. The molecular formula is C19H22N2O5. The van der Waals surface area contributed by atoms with Crippen molar-refractivity contribution in [3.63, 3.8) is 0 Å². The molecule has 0 saturated carbocycles. The van der Waals surface area contributed by atoms with Gasteiger partial charge in [-0.25, -0.2) is 4.79 Å². The number of hydrogen-bond acceptors (Lipinski definition) is 5. The summed E-state index contributed by atoms with van der Waals surface area (Å²) >= 11 is 0. The number of ether oxygens (including phenoxy) is 1. The Kier molecular flexibility index (Phi) is 5.92. The number of methoxy groups -OCH3 is 1. The van der Waals surface area contributed by atoms with Crippen molar-refractivity contribution in [3.05, 3.63) is 47.5 Å². The molecule has 0 fully saturated rings. The van der Waals surface area contributed by atoms with Crippen molar-refractivity contribution in [1.29, 1.82) is 0 Å². The van der Waals surface area contributed by atoms with E-state index in [2.05, 4.69) is 11.9 Å². The van der Waals surface area contributed by atoms with E-state index in [0.717, 1.165) is 4.90 Å². The maximum atomic E-state index is 12.5. The van der Waals surface area contributed by atoms with Crippen LogP contribution >= 0.6 is 0 Å². The van der Waals surface area contributed by atoms with Crippen LogP contribution in [0, 0.1) is 5.92 Å². The van der Waals surface area contributed by atoms with E-state index >= 15 is 0 Å². The van der Waals surface area contributed by atoms with E-state index in [-0.39, 0.29) is 29.2 Å². The minimum absolute atomic E-state index is 0.104. The molecule has 1 atom stereocenters. The molecule has 1 aromatic rings. The fraction of sp³-hybridized carbons (Fsp3) is 0.368. The van der Waals surface area contributed by atoms with Gasteiger partial charge in [0, 0.05) is 12.1 Å². The number of amides is 3. The van der Waals surface area contributed by atoms with Gasteiger partial charge in [0.2, 0.25) is 0 Å². The summed E-state index contributed by atoms with van der Waals surface area (Å²) in [5, 5.41) is 2.63. The van der Waals surface area contributed by atoms with Crippen LogP contribution in [0.5, 0.6) is 0 Å². The molecular weight excluding hydrogens is 336 g/mol. The molecule has 0 unspecified atom stereocenters. The third kappa shape index (κ3) is 3.82. The molecule has 0 bridgehead atoms. The van der Waals surface area contributed by atoms with Crippen LogP contribution in [-0.4, -0.2) is 48.3 Å². The van der Waals surface area contributed by atoms with Crippen molar-refractivity contribution < 1.29 is 23.9 Å². The average Bonchev–Trinajstić information content (AvgIpc) is 2.84. The van der Waals surface area contributed by atoms with Gasteiger partial charge in [-0.2, -0.15) is 0 Å². The number of nitrogens with zero attached hydrogens (tertiary/aromatic N) is 1. The summed E-state index contributed by atoms with van der Waals surface area (Å²) in [7, 11) is 1.26. The highest BCUT2D eigenvalue weighted by molar-refractivity contribution is 6.22. The van der Waals surface area contributed by atoms with Gasteiger partial charge in [0.25, 0.3) is 17.7 Å². The van der Waals surface area contributed by atoms with Crippen molar-refractivity contribution in [2.24, 2.45) is 5.92 Å². The number of rotatable bonds is 7. The number of hydrogen-bond donors (Lipinski definition) is 1. The predicted octanol–water partition coefficient (Wildman–Crippen LogP) is 1.79. The average molecular weight is 358 g/mol. The lowest BCUT2D eigenvalue weighted by Crippen LogP contribution is -2.42. The molecule has 3 amide bonds. The van der Waals surface area contributed by atoms with Gasteiger partial charge >= 0.3 is 5.97 Å². The Balaban J connectivity index is 2.24. The highest BCUT2D eigenvalue weighted by Crippen LogP contribution is 2.24. The molecule has 0 spiro atoms. The topological polar surface area (TPSA) is 92.8 Å². The normalized spacial score (nSPS) is 14.2. The van der Waals surface area contributed by atoms with Crippen molar-refractivity contribution in [3.8, 4) is 0 Å². The van der Waals surface area contributed by atoms with Crippen molar-refractivity contribution in [2.75, 3.05) is 13.7 Å². The Bertz CT molecular complexity index is 769. The Morgan fingerprint density at radius 1 is 1.23 bits per heavy atom. The molecule has 1 N–H and O–H groups in total. The van der Waals surface area contributed by atoms with Crippen LogP contribution in [0.1, 0.15) is 51.3 Å². The van der Waals surface area contributed by atoms with Crippen molar-refractivity contribution >= 4 is 23.7 Å². The Morgan fingerprint density at radius 3 is 2.46 bits per heavy atom. The molecule has 2 rings (SSSR count). The first-order valence-corrected chi connectivity index (χ1v) is 8.30. The first-order valence-electron chi connectivity index (χ1n) is 8.30. The zero-order chi connectivity index (χ0) is 19.4. The second-order valence-electron chi connectivity index (χ2n) is 6.45. The molecule has 1 aromatic carbocycles. The number of fused-ring (bicyclic) bond motifs is 1. The molecule has 1 heterocycles. The smallest absolute Gasteiger partial charge is 0.328 e. The number of esters is 1. The Labute approximate surface area is 152 Å². The van der Waals surface area contributed by atoms with Gasteiger partial charge in [-0.05, 0) is 30.5 Å².